The van der Waals surface area contributed by atoms with Crippen LogP contribution in [0.1, 0.15) is 18.2 Å². The number of phosphoric acid groups is 3. The molecule has 17 nitrogen and oxygen atoms in total. The molecule has 1 aromatic heterocycles. The molecular weight excluding hydrogens is 501 g/mol. The highest BCUT2D eigenvalue weighted by atomic mass is 31.3. The smallest absolute Gasteiger partial charge is 0.390 e. The van der Waals surface area contributed by atoms with Gasteiger partial charge in [0.25, 0.3) is 0 Å². The molecule has 0 aliphatic carbocycles. The quantitative estimate of drug-likeness (QED) is 0.146. The number of ether oxygens (including phenoxy) is 1. The van der Waals surface area contributed by atoms with Gasteiger partial charge in [-0.15, -0.1) is 0 Å². The lowest BCUT2D eigenvalue weighted by Gasteiger charge is -2.19. The first kappa shape index (κ1) is 26.8. The minimum absolute atomic E-state index is 0.0138. The van der Waals surface area contributed by atoms with E-state index in [9.17, 15) is 28.5 Å². The van der Waals surface area contributed by atoms with Gasteiger partial charge in [-0.1, -0.05) is 11.8 Å². The zero-order valence-electron chi connectivity index (χ0n) is 15.8. The molecule has 1 aliphatic rings. The van der Waals surface area contributed by atoms with Crippen LogP contribution in [-0.4, -0.2) is 59.6 Å². The molecule has 3 unspecified atom stereocenters. The van der Waals surface area contributed by atoms with E-state index < -0.39 is 54.2 Å². The summed E-state index contributed by atoms with van der Waals surface area (Å²) in [5, 5.41) is 10.1. The molecular formula is C12H19N4O13P3. The Balaban J connectivity index is 2.08. The number of hydrogen-bond acceptors (Lipinski definition) is 12. The predicted molar refractivity (Wildman–Crippen MR) is 103 cm³/mol. The Hall–Kier alpha value is -1.47. The van der Waals surface area contributed by atoms with Crippen molar-refractivity contribution in [3.8, 4) is 11.8 Å². The minimum Gasteiger partial charge on any atom is -0.390 e. The van der Waals surface area contributed by atoms with Crippen molar-refractivity contribution in [3.63, 3.8) is 0 Å². The average molecular weight is 520 g/mol. The highest BCUT2D eigenvalue weighted by Crippen LogP contribution is 2.66. The highest BCUT2D eigenvalue weighted by Gasteiger charge is 2.43. The summed E-state index contributed by atoms with van der Waals surface area (Å²) in [6, 6.07) is 0. The van der Waals surface area contributed by atoms with E-state index in [-0.39, 0.29) is 24.3 Å². The van der Waals surface area contributed by atoms with Gasteiger partial charge < -0.3 is 40.9 Å². The van der Waals surface area contributed by atoms with Crippen molar-refractivity contribution in [1.29, 1.82) is 0 Å². The van der Waals surface area contributed by atoms with Gasteiger partial charge in [-0.2, -0.15) is 13.6 Å². The molecule has 20 heteroatoms. The van der Waals surface area contributed by atoms with Gasteiger partial charge in [-0.05, 0) is 0 Å². The Labute approximate surface area is 179 Å². The zero-order valence-corrected chi connectivity index (χ0v) is 18.5. The Bertz CT molecular complexity index is 1110. The van der Waals surface area contributed by atoms with Crippen LogP contribution >= 0.6 is 23.5 Å². The molecule has 1 aromatic rings. The second-order valence-electron chi connectivity index (χ2n) is 6.05. The molecule has 1 aliphatic heterocycles. The number of aliphatic hydroxyl groups excluding tert-OH is 1. The van der Waals surface area contributed by atoms with Gasteiger partial charge in [0, 0.05) is 12.6 Å². The summed E-state index contributed by atoms with van der Waals surface area (Å²) in [5.74, 6) is 4.97. The van der Waals surface area contributed by atoms with E-state index in [1.54, 1.807) is 0 Å². The molecule has 180 valence electrons. The standard InChI is InChI=1S/C12H19N4O13P3/c13-3-1-2-7-5-16(12(18)15-11(7)14)10-4-8(17)9(27-10)6-26-31(22,23)29-32(24,25)28-30(19,20)21/h5,8-10,17H,3-4,6,13H2,(H,22,23)(H,24,25)(H2,14,15,18)(H2,19,20,21)/t8-,9?,10-/m1/s1. The van der Waals surface area contributed by atoms with Crippen molar-refractivity contribution < 1.29 is 56.3 Å². The van der Waals surface area contributed by atoms with E-state index >= 15 is 0 Å². The molecule has 0 radical (unpaired) electrons. The molecule has 0 aromatic carbocycles. The average Bonchev–Trinajstić information content (AvgIpc) is 2.97. The van der Waals surface area contributed by atoms with E-state index in [0.29, 0.717) is 0 Å². The van der Waals surface area contributed by atoms with Crippen molar-refractivity contribution in [2.75, 3.05) is 18.9 Å². The third kappa shape index (κ3) is 7.84. The van der Waals surface area contributed by atoms with Gasteiger partial charge in [0.1, 0.15) is 18.1 Å². The molecule has 2 heterocycles. The molecule has 32 heavy (non-hydrogen) atoms. The number of anilines is 1. The van der Waals surface area contributed by atoms with E-state index in [0.717, 1.165) is 4.57 Å². The molecule has 0 bridgehead atoms. The van der Waals surface area contributed by atoms with Crippen molar-refractivity contribution in [2.24, 2.45) is 5.73 Å². The summed E-state index contributed by atoms with van der Waals surface area (Å²) >= 11 is 0. The Morgan fingerprint density at radius 1 is 1.22 bits per heavy atom. The second kappa shape index (κ2) is 10.2. The van der Waals surface area contributed by atoms with Crippen molar-refractivity contribution in [1.82, 2.24) is 9.55 Å². The number of nitrogens with zero attached hydrogens (tertiary/aromatic N) is 2. The van der Waals surface area contributed by atoms with E-state index in [4.69, 9.17) is 30.9 Å². The summed E-state index contributed by atoms with van der Waals surface area (Å²) in [4.78, 5) is 51.3. The van der Waals surface area contributed by atoms with E-state index in [2.05, 4.69) is 30.0 Å². The maximum atomic E-state index is 12.1. The fraction of sp³-hybridized carbons (Fsp3) is 0.500. The maximum Gasteiger partial charge on any atom is 0.490 e. The fourth-order valence-corrected chi connectivity index (χ4v) is 5.47. The number of aromatic nitrogens is 2. The third-order valence-electron chi connectivity index (χ3n) is 3.64. The van der Waals surface area contributed by atoms with Gasteiger partial charge in [0.15, 0.2) is 0 Å². The van der Waals surface area contributed by atoms with Gasteiger partial charge in [0.2, 0.25) is 0 Å². The van der Waals surface area contributed by atoms with Crippen LogP contribution in [0.25, 0.3) is 0 Å². The van der Waals surface area contributed by atoms with Gasteiger partial charge in [0.05, 0.1) is 24.8 Å². The van der Waals surface area contributed by atoms with Gasteiger partial charge >= 0.3 is 29.2 Å². The van der Waals surface area contributed by atoms with Crippen LogP contribution < -0.4 is 17.2 Å². The molecule has 0 amide bonds. The molecule has 0 saturated carbocycles. The largest absolute Gasteiger partial charge is 0.490 e. The topological polar surface area (TPSA) is 276 Å². The van der Waals surface area contributed by atoms with Crippen LogP contribution in [0, 0.1) is 11.8 Å². The number of nitrogens with two attached hydrogens (primary N) is 2. The summed E-state index contributed by atoms with van der Waals surface area (Å²) in [6.07, 6.45) is -2.75. The minimum atomic E-state index is -5.69. The Morgan fingerprint density at radius 3 is 2.47 bits per heavy atom. The fourth-order valence-electron chi connectivity index (χ4n) is 2.44. The molecule has 1 fully saturated rings. The lowest BCUT2D eigenvalue weighted by molar-refractivity contribution is -0.0449. The predicted octanol–water partition coefficient (Wildman–Crippen LogP) is -1.87. The molecule has 0 spiro atoms. The first-order valence-electron chi connectivity index (χ1n) is 8.32. The van der Waals surface area contributed by atoms with Crippen LogP contribution in [0.2, 0.25) is 0 Å². The van der Waals surface area contributed by atoms with Crippen LogP contribution in [0.15, 0.2) is 11.0 Å². The summed E-state index contributed by atoms with van der Waals surface area (Å²) in [7, 11) is -16.6. The van der Waals surface area contributed by atoms with Crippen LogP contribution in [-0.2, 0) is 31.6 Å². The molecule has 2 rings (SSSR count). The van der Waals surface area contributed by atoms with Crippen LogP contribution in [0.3, 0.4) is 0 Å². The van der Waals surface area contributed by atoms with Crippen molar-refractivity contribution >= 4 is 29.3 Å². The van der Waals surface area contributed by atoms with Gasteiger partial charge in [-0.25, -0.2) is 18.5 Å². The lowest BCUT2D eigenvalue weighted by Crippen LogP contribution is -2.29. The SMILES string of the molecule is NCC#Cc1cn([C@H]2C[C@@H](O)C(COP(=O)(O)OP(=O)(O)OP(=O)(O)O)O2)c(=O)nc1N. The van der Waals surface area contributed by atoms with Crippen LogP contribution in [0.4, 0.5) is 5.82 Å². The normalized spacial score (nSPS) is 24.9. The number of aliphatic hydroxyl groups is 1. The second-order valence-corrected chi connectivity index (χ2v) is 10.5. The molecule has 9 N–H and O–H groups in total. The Kier molecular flexibility index (Phi) is 8.54. The number of phosphoric ester groups is 1. The first-order chi connectivity index (χ1) is 14.6. The van der Waals surface area contributed by atoms with Gasteiger partial charge in [-0.3, -0.25) is 9.09 Å². The van der Waals surface area contributed by atoms with E-state index in [1.165, 1.54) is 6.20 Å². The highest BCUT2D eigenvalue weighted by molar-refractivity contribution is 7.66. The summed E-state index contributed by atoms with van der Waals surface area (Å²) in [6.45, 7) is -0.877. The summed E-state index contributed by atoms with van der Waals surface area (Å²) < 4.78 is 51.6. The number of hydrogen-bond donors (Lipinski definition) is 7. The van der Waals surface area contributed by atoms with Crippen molar-refractivity contribution in [3.05, 3.63) is 22.2 Å². The number of rotatable bonds is 8. The maximum absolute atomic E-state index is 12.1. The number of nitrogen functional groups attached to an aromatic ring is 1. The molecule has 5 atom stereocenters. The Morgan fingerprint density at radius 2 is 1.88 bits per heavy atom. The monoisotopic (exact) mass is 520 g/mol. The molecule has 1 saturated heterocycles. The van der Waals surface area contributed by atoms with Crippen LogP contribution in [0.5, 0.6) is 0 Å². The van der Waals surface area contributed by atoms with Crippen molar-refractivity contribution in [2.45, 2.75) is 24.9 Å². The van der Waals surface area contributed by atoms with E-state index in [1.807, 2.05) is 0 Å². The third-order valence-corrected chi connectivity index (χ3v) is 7.44. The lowest BCUT2D eigenvalue weighted by atomic mass is 10.2. The first-order valence-corrected chi connectivity index (χ1v) is 12.8. The zero-order chi connectivity index (χ0) is 24.3. The summed E-state index contributed by atoms with van der Waals surface area (Å²) in [5.41, 5.74) is 10.2.